The van der Waals surface area contributed by atoms with Gasteiger partial charge >= 0.3 is 0 Å². The maximum absolute atomic E-state index is 12.6. The van der Waals surface area contributed by atoms with Crippen molar-refractivity contribution in [2.75, 3.05) is 13.1 Å². The first-order valence-electron chi connectivity index (χ1n) is 9.34. The second kappa shape index (κ2) is 7.37. The molecule has 3 aromatic rings. The van der Waals surface area contributed by atoms with Crippen LogP contribution in [0.4, 0.5) is 0 Å². The van der Waals surface area contributed by atoms with Crippen LogP contribution in [-0.2, 0) is 13.0 Å². The molecule has 2 aromatic heterocycles. The topological polar surface area (TPSA) is 58.1 Å². The first-order chi connectivity index (χ1) is 13.0. The van der Waals surface area contributed by atoms with Crippen LogP contribution in [0.3, 0.4) is 0 Å². The second-order valence-electron chi connectivity index (χ2n) is 7.25. The molecule has 0 bridgehead atoms. The summed E-state index contributed by atoms with van der Waals surface area (Å²) >= 11 is 1.85. The molecule has 1 N–H and O–H groups in total. The predicted molar refractivity (Wildman–Crippen MR) is 109 cm³/mol. The molecule has 1 aliphatic rings. The number of aromatic nitrogens is 2. The molecule has 1 atom stereocenters. The van der Waals surface area contributed by atoms with Crippen LogP contribution in [-0.4, -0.2) is 39.9 Å². The van der Waals surface area contributed by atoms with Crippen molar-refractivity contribution in [1.82, 2.24) is 20.2 Å². The molecule has 4 rings (SSSR count). The summed E-state index contributed by atoms with van der Waals surface area (Å²) in [7, 11) is 0. The highest BCUT2D eigenvalue weighted by molar-refractivity contribution is 7.10. The van der Waals surface area contributed by atoms with Crippen LogP contribution in [0.2, 0.25) is 0 Å². The number of hydrogen-bond acceptors (Lipinski definition) is 5. The Labute approximate surface area is 163 Å². The standard InChI is InChI=1S/C21H24N4OS/c1-13(25-8-6-20-17(12-25)7-9-27-20)11-22-21(26)16-4-5-18-19(10-16)24-15(3)14(2)23-18/h4-5,7,9-10,13H,6,8,11-12H2,1-3H3,(H,22,26). The molecule has 1 unspecified atom stereocenters. The van der Waals surface area contributed by atoms with Gasteiger partial charge in [0.2, 0.25) is 0 Å². The molecule has 5 nitrogen and oxygen atoms in total. The largest absolute Gasteiger partial charge is 0.350 e. The van der Waals surface area contributed by atoms with Gasteiger partial charge in [-0.2, -0.15) is 0 Å². The first-order valence-corrected chi connectivity index (χ1v) is 10.2. The second-order valence-corrected chi connectivity index (χ2v) is 8.25. The molecule has 1 aromatic carbocycles. The highest BCUT2D eigenvalue weighted by Gasteiger charge is 2.22. The number of nitrogens with zero attached hydrogens (tertiary/aromatic N) is 3. The average Bonchev–Trinajstić information content (AvgIpc) is 3.14. The molecule has 140 valence electrons. The summed E-state index contributed by atoms with van der Waals surface area (Å²) < 4.78 is 0. The molecule has 3 heterocycles. The zero-order valence-corrected chi connectivity index (χ0v) is 16.8. The Kier molecular flexibility index (Phi) is 4.93. The van der Waals surface area contributed by atoms with Crippen LogP contribution in [0.5, 0.6) is 0 Å². The number of fused-ring (bicyclic) bond motifs is 2. The smallest absolute Gasteiger partial charge is 0.251 e. The van der Waals surface area contributed by atoms with Crippen LogP contribution >= 0.6 is 11.3 Å². The van der Waals surface area contributed by atoms with Gasteiger partial charge in [0.1, 0.15) is 0 Å². The molecule has 27 heavy (non-hydrogen) atoms. The summed E-state index contributed by atoms with van der Waals surface area (Å²) in [5.41, 5.74) is 5.47. The van der Waals surface area contributed by atoms with Crippen molar-refractivity contribution in [2.45, 2.75) is 39.8 Å². The van der Waals surface area contributed by atoms with Crippen molar-refractivity contribution in [3.05, 3.63) is 57.0 Å². The fraction of sp³-hybridized carbons (Fsp3) is 0.381. The van der Waals surface area contributed by atoms with Gasteiger partial charge in [-0.1, -0.05) is 0 Å². The number of carbonyl (C=O) groups excluding carboxylic acids is 1. The number of thiophene rings is 1. The van der Waals surface area contributed by atoms with Crippen molar-refractivity contribution in [2.24, 2.45) is 0 Å². The molecule has 0 fully saturated rings. The summed E-state index contributed by atoms with van der Waals surface area (Å²) in [5, 5.41) is 5.25. The fourth-order valence-electron chi connectivity index (χ4n) is 3.49. The summed E-state index contributed by atoms with van der Waals surface area (Å²) in [4.78, 5) is 25.6. The van der Waals surface area contributed by atoms with Gasteiger partial charge in [-0.15, -0.1) is 11.3 Å². The maximum atomic E-state index is 12.6. The molecule has 0 saturated heterocycles. The Morgan fingerprint density at radius 1 is 1.22 bits per heavy atom. The van der Waals surface area contributed by atoms with Crippen molar-refractivity contribution in [3.8, 4) is 0 Å². The van der Waals surface area contributed by atoms with E-state index in [-0.39, 0.29) is 5.91 Å². The van der Waals surface area contributed by atoms with E-state index in [0.29, 0.717) is 18.2 Å². The Balaban J connectivity index is 1.40. The number of rotatable bonds is 4. The quantitative estimate of drug-likeness (QED) is 0.753. The monoisotopic (exact) mass is 380 g/mol. The molecular weight excluding hydrogens is 356 g/mol. The number of hydrogen-bond donors (Lipinski definition) is 1. The number of benzene rings is 1. The van der Waals surface area contributed by atoms with Crippen LogP contribution in [0.15, 0.2) is 29.6 Å². The molecule has 0 saturated carbocycles. The van der Waals surface area contributed by atoms with Crippen molar-refractivity contribution in [1.29, 1.82) is 0 Å². The lowest BCUT2D eigenvalue weighted by atomic mass is 10.1. The Bertz CT molecular complexity index is 997. The molecule has 0 aliphatic carbocycles. The van der Waals surface area contributed by atoms with Gasteiger partial charge in [0.15, 0.2) is 0 Å². The van der Waals surface area contributed by atoms with Gasteiger partial charge < -0.3 is 5.32 Å². The fourth-order valence-corrected chi connectivity index (χ4v) is 4.38. The van der Waals surface area contributed by atoms with E-state index < -0.39 is 0 Å². The molecule has 0 radical (unpaired) electrons. The highest BCUT2D eigenvalue weighted by Crippen LogP contribution is 2.25. The summed E-state index contributed by atoms with van der Waals surface area (Å²) in [6.45, 7) is 8.72. The Morgan fingerprint density at radius 3 is 2.81 bits per heavy atom. The third-order valence-corrected chi connectivity index (χ3v) is 6.38. The number of amides is 1. The van der Waals surface area contributed by atoms with Gasteiger partial charge in [0.05, 0.1) is 22.4 Å². The lowest BCUT2D eigenvalue weighted by Crippen LogP contribution is -2.44. The Morgan fingerprint density at radius 2 is 2.00 bits per heavy atom. The summed E-state index contributed by atoms with van der Waals surface area (Å²) in [6.07, 6.45) is 1.10. The van der Waals surface area contributed by atoms with Crippen LogP contribution in [0.25, 0.3) is 11.0 Å². The third kappa shape index (κ3) is 3.73. The minimum atomic E-state index is -0.0583. The normalized spacial score (nSPS) is 15.5. The Hall–Kier alpha value is -2.31. The van der Waals surface area contributed by atoms with E-state index in [1.54, 1.807) is 0 Å². The number of nitrogens with one attached hydrogen (secondary N) is 1. The third-order valence-electron chi connectivity index (χ3n) is 5.36. The van der Waals surface area contributed by atoms with E-state index in [9.17, 15) is 4.79 Å². The predicted octanol–water partition coefficient (Wildman–Crippen LogP) is 3.48. The van der Waals surface area contributed by atoms with E-state index in [2.05, 4.69) is 38.6 Å². The molecule has 0 spiro atoms. The molecular formula is C21H24N4OS. The van der Waals surface area contributed by atoms with E-state index >= 15 is 0 Å². The zero-order chi connectivity index (χ0) is 19.0. The minimum absolute atomic E-state index is 0.0583. The van der Waals surface area contributed by atoms with E-state index in [1.807, 2.05) is 43.4 Å². The summed E-state index contributed by atoms with van der Waals surface area (Å²) in [5.74, 6) is -0.0583. The average molecular weight is 381 g/mol. The minimum Gasteiger partial charge on any atom is -0.350 e. The number of carbonyl (C=O) groups is 1. The van der Waals surface area contributed by atoms with Crippen molar-refractivity contribution < 1.29 is 4.79 Å². The van der Waals surface area contributed by atoms with Gasteiger partial charge in [-0.25, -0.2) is 9.97 Å². The van der Waals surface area contributed by atoms with Gasteiger partial charge in [0, 0.05) is 36.1 Å². The van der Waals surface area contributed by atoms with Gasteiger partial charge in [-0.3, -0.25) is 9.69 Å². The van der Waals surface area contributed by atoms with E-state index in [0.717, 1.165) is 41.9 Å². The first kappa shape index (κ1) is 18.1. The summed E-state index contributed by atoms with van der Waals surface area (Å²) in [6, 6.07) is 8.04. The van der Waals surface area contributed by atoms with Crippen LogP contribution < -0.4 is 5.32 Å². The van der Waals surface area contributed by atoms with E-state index in [1.165, 1.54) is 10.4 Å². The van der Waals surface area contributed by atoms with Crippen molar-refractivity contribution in [3.63, 3.8) is 0 Å². The van der Waals surface area contributed by atoms with Crippen LogP contribution in [0, 0.1) is 13.8 Å². The van der Waals surface area contributed by atoms with Crippen LogP contribution in [0.1, 0.15) is 39.1 Å². The molecule has 6 heteroatoms. The SMILES string of the molecule is Cc1nc2ccc(C(=O)NCC(C)N3CCc4sccc4C3)cc2nc1C. The molecule has 1 aliphatic heterocycles. The zero-order valence-electron chi connectivity index (χ0n) is 16.0. The van der Waals surface area contributed by atoms with Crippen molar-refractivity contribution >= 4 is 28.3 Å². The number of aryl methyl sites for hydroxylation is 2. The van der Waals surface area contributed by atoms with E-state index in [4.69, 9.17) is 0 Å². The van der Waals surface area contributed by atoms with Gasteiger partial charge in [-0.05, 0) is 62.4 Å². The lowest BCUT2D eigenvalue weighted by Gasteiger charge is -2.32. The maximum Gasteiger partial charge on any atom is 0.251 e. The highest BCUT2D eigenvalue weighted by atomic mass is 32.1. The molecule has 1 amide bonds. The lowest BCUT2D eigenvalue weighted by molar-refractivity contribution is 0.0933. The van der Waals surface area contributed by atoms with Gasteiger partial charge in [0.25, 0.3) is 5.91 Å².